The van der Waals surface area contributed by atoms with Crippen molar-refractivity contribution in [3.8, 4) is 11.8 Å². The number of nitrogens with zero attached hydrogens (tertiary/aromatic N) is 3. The van der Waals surface area contributed by atoms with Gasteiger partial charge < -0.3 is 10.1 Å². The molecule has 0 saturated carbocycles. The molecule has 0 aliphatic heterocycles. The highest BCUT2D eigenvalue weighted by molar-refractivity contribution is 6.35. The van der Waals surface area contributed by atoms with Gasteiger partial charge in [-0.15, -0.1) is 0 Å². The summed E-state index contributed by atoms with van der Waals surface area (Å²) in [6.07, 6.45) is 0.817. The topological polar surface area (TPSA) is 79.9 Å². The third kappa shape index (κ3) is 4.83. The van der Waals surface area contributed by atoms with Crippen LogP contribution in [0.2, 0.25) is 10.0 Å². The molecule has 28 heavy (non-hydrogen) atoms. The van der Waals surface area contributed by atoms with Crippen molar-refractivity contribution in [2.45, 2.75) is 19.6 Å². The number of nitriles is 1. The van der Waals surface area contributed by atoms with E-state index in [1.54, 1.807) is 60.3 Å². The van der Waals surface area contributed by atoms with Gasteiger partial charge in [-0.05, 0) is 42.8 Å². The van der Waals surface area contributed by atoms with Crippen LogP contribution >= 0.6 is 23.2 Å². The first-order valence-corrected chi connectivity index (χ1v) is 9.15. The molecule has 0 radical (unpaired) electrons. The predicted octanol–water partition coefficient (Wildman–Crippen LogP) is 4.52. The van der Waals surface area contributed by atoms with Crippen LogP contribution in [0.25, 0.3) is 0 Å². The Morgan fingerprint density at radius 3 is 2.86 bits per heavy atom. The van der Waals surface area contributed by atoms with Gasteiger partial charge in [-0.1, -0.05) is 35.3 Å². The Bertz CT molecular complexity index is 1040. The smallest absolute Gasteiger partial charge is 0.266 e. The third-order valence-electron chi connectivity index (χ3n) is 3.95. The molecule has 1 unspecified atom stereocenters. The molecule has 0 saturated heterocycles. The largest absolute Gasteiger partial charge is 0.481 e. The minimum atomic E-state index is -0.767. The van der Waals surface area contributed by atoms with Crippen LogP contribution in [0.15, 0.2) is 54.7 Å². The molecule has 2 aromatic carbocycles. The zero-order chi connectivity index (χ0) is 20.1. The summed E-state index contributed by atoms with van der Waals surface area (Å²) in [5.41, 5.74) is 1.28. The summed E-state index contributed by atoms with van der Waals surface area (Å²) in [5, 5.41) is 17.0. The normalized spacial score (nSPS) is 11.5. The average Bonchev–Trinajstić information content (AvgIpc) is 3.10. The lowest BCUT2D eigenvalue weighted by molar-refractivity contribution is -0.122. The van der Waals surface area contributed by atoms with Gasteiger partial charge in [0.2, 0.25) is 0 Å². The summed E-state index contributed by atoms with van der Waals surface area (Å²) >= 11 is 12.1. The maximum absolute atomic E-state index is 12.5. The van der Waals surface area contributed by atoms with Crippen LogP contribution in [0.4, 0.5) is 5.82 Å². The second-order valence-electron chi connectivity index (χ2n) is 6.00. The molecule has 0 bridgehead atoms. The lowest BCUT2D eigenvalue weighted by atomic mass is 10.2. The molecule has 8 heteroatoms. The maximum Gasteiger partial charge on any atom is 0.266 e. The maximum atomic E-state index is 12.5. The first kappa shape index (κ1) is 19.7. The number of rotatable bonds is 6. The molecule has 1 heterocycles. The highest BCUT2D eigenvalue weighted by Gasteiger charge is 2.17. The first-order valence-electron chi connectivity index (χ1n) is 8.39. The van der Waals surface area contributed by atoms with E-state index in [0.717, 1.165) is 5.56 Å². The minimum Gasteiger partial charge on any atom is -0.481 e. The van der Waals surface area contributed by atoms with Gasteiger partial charge in [0.05, 0.1) is 24.4 Å². The van der Waals surface area contributed by atoms with E-state index in [2.05, 4.69) is 10.4 Å². The number of ether oxygens (including phenoxy) is 1. The van der Waals surface area contributed by atoms with E-state index in [0.29, 0.717) is 33.7 Å². The number of benzene rings is 2. The molecule has 0 spiro atoms. The van der Waals surface area contributed by atoms with Crippen molar-refractivity contribution in [3.63, 3.8) is 0 Å². The summed E-state index contributed by atoms with van der Waals surface area (Å²) in [4.78, 5) is 12.5. The number of amides is 1. The van der Waals surface area contributed by atoms with Crippen LogP contribution in [-0.2, 0) is 11.3 Å². The quantitative estimate of drug-likeness (QED) is 0.642. The van der Waals surface area contributed by atoms with Crippen molar-refractivity contribution in [1.29, 1.82) is 5.26 Å². The number of aromatic nitrogens is 2. The minimum absolute atomic E-state index is 0.341. The standard InChI is InChI=1S/C20H16Cl2N4O2/c1-13(28-17-4-2-3-14(9-17)11-23)20(27)25-19-7-8-24-26(19)12-15-5-6-16(21)10-18(15)22/h2-10,13H,12H2,1H3,(H,25,27). The Balaban J connectivity index is 1.67. The van der Waals surface area contributed by atoms with Gasteiger partial charge in [-0.2, -0.15) is 10.4 Å². The third-order valence-corrected chi connectivity index (χ3v) is 4.54. The summed E-state index contributed by atoms with van der Waals surface area (Å²) in [5.74, 6) is 0.617. The summed E-state index contributed by atoms with van der Waals surface area (Å²) in [7, 11) is 0. The Hall–Kier alpha value is -3.01. The number of carbonyl (C=O) groups excluding carboxylic acids is 1. The van der Waals surface area contributed by atoms with Crippen LogP contribution in [-0.4, -0.2) is 21.8 Å². The fraction of sp³-hybridized carbons (Fsp3) is 0.150. The average molecular weight is 415 g/mol. The van der Waals surface area contributed by atoms with Crippen LogP contribution in [0.3, 0.4) is 0 Å². The van der Waals surface area contributed by atoms with Gasteiger partial charge in [-0.3, -0.25) is 4.79 Å². The van der Waals surface area contributed by atoms with Crippen LogP contribution in [0, 0.1) is 11.3 Å². The van der Waals surface area contributed by atoms with E-state index in [-0.39, 0.29) is 5.91 Å². The van der Waals surface area contributed by atoms with Crippen molar-refractivity contribution in [1.82, 2.24) is 9.78 Å². The van der Waals surface area contributed by atoms with E-state index in [1.165, 1.54) is 0 Å². The fourth-order valence-corrected chi connectivity index (χ4v) is 2.97. The van der Waals surface area contributed by atoms with E-state index in [9.17, 15) is 4.79 Å². The van der Waals surface area contributed by atoms with Crippen molar-refractivity contribution in [2.24, 2.45) is 0 Å². The van der Waals surface area contributed by atoms with E-state index < -0.39 is 6.10 Å². The van der Waals surface area contributed by atoms with Crippen LogP contribution < -0.4 is 10.1 Å². The highest BCUT2D eigenvalue weighted by atomic mass is 35.5. The molecule has 1 N–H and O–H groups in total. The van der Waals surface area contributed by atoms with Crippen LogP contribution in [0.5, 0.6) is 5.75 Å². The second-order valence-corrected chi connectivity index (χ2v) is 6.84. The summed E-state index contributed by atoms with van der Waals surface area (Å²) in [6, 6.07) is 15.6. The number of carbonyl (C=O) groups is 1. The lowest BCUT2D eigenvalue weighted by Crippen LogP contribution is -2.31. The number of halogens is 2. The van der Waals surface area contributed by atoms with Gasteiger partial charge in [0.15, 0.2) is 6.10 Å². The zero-order valence-corrected chi connectivity index (χ0v) is 16.4. The molecule has 1 atom stereocenters. The number of nitrogens with one attached hydrogen (secondary N) is 1. The molecule has 142 valence electrons. The Kier molecular flexibility index (Phi) is 6.19. The molecule has 0 aliphatic carbocycles. The molecule has 3 aromatic rings. The van der Waals surface area contributed by atoms with Crippen molar-refractivity contribution in [3.05, 3.63) is 75.9 Å². The SMILES string of the molecule is CC(Oc1cccc(C#N)c1)C(=O)Nc1ccnn1Cc1ccc(Cl)cc1Cl. The van der Waals surface area contributed by atoms with Crippen LogP contribution in [0.1, 0.15) is 18.1 Å². The molecular weight excluding hydrogens is 399 g/mol. The lowest BCUT2D eigenvalue weighted by Gasteiger charge is -2.16. The Morgan fingerprint density at radius 1 is 1.29 bits per heavy atom. The highest BCUT2D eigenvalue weighted by Crippen LogP contribution is 2.23. The van der Waals surface area contributed by atoms with Crippen molar-refractivity contribution < 1.29 is 9.53 Å². The fourth-order valence-electron chi connectivity index (χ4n) is 2.50. The van der Waals surface area contributed by atoms with E-state index >= 15 is 0 Å². The van der Waals surface area contributed by atoms with Gasteiger partial charge >= 0.3 is 0 Å². The monoisotopic (exact) mass is 414 g/mol. The van der Waals surface area contributed by atoms with Crippen molar-refractivity contribution in [2.75, 3.05) is 5.32 Å². The molecule has 0 aliphatic rings. The number of hydrogen-bond donors (Lipinski definition) is 1. The predicted molar refractivity (Wildman–Crippen MR) is 108 cm³/mol. The van der Waals surface area contributed by atoms with Crippen molar-refractivity contribution >= 4 is 34.9 Å². The summed E-state index contributed by atoms with van der Waals surface area (Å²) < 4.78 is 7.25. The molecule has 6 nitrogen and oxygen atoms in total. The molecule has 1 aromatic heterocycles. The Morgan fingerprint density at radius 2 is 2.11 bits per heavy atom. The van der Waals surface area contributed by atoms with Gasteiger partial charge in [0.25, 0.3) is 5.91 Å². The zero-order valence-electron chi connectivity index (χ0n) is 14.9. The van der Waals surface area contributed by atoms with E-state index in [1.807, 2.05) is 12.1 Å². The second kappa shape index (κ2) is 8.79. The van der Waals surface area contributed by atoms with E-state index in [4.69, 9.17) is 33.2 Å². The first-order chi connectivity index (χ1) is 13.5. The number of anilines is 1. The van der Waals surface area contributed by atoms with Gasteiger partial charge in [0, 0.05) is 16.1 Å². The number of hydrogen-bond acceptors (Lipinski definition) is 4. The Labute approximate surface area is 172 Å². The summed E-state index contributed by atoms with van der Waals surface area (Å²) in [6.45, 7) is 2.00. The molecule has 3 rings (SSSR count). The molecule has 1 amide bonds. The molecular formula is C20H16Cl2N4O2. The van der Waals surface area contributed by atoms with Gasteiger partial charge in [-0.25, -0.2) is 4.68 Å². The molecule has 0 fully saturated rings. The van der Waals surface area contributed by atoms with Gasteiger partial charge in [0.1, 0.15) is 11.6 Å².